The number of nitrogens with zero attached hydrogens (tertiary/aromatic N) is 2. The van der Waals surface area contributed by atoms with Crippen molar-refractivity contribution in [2.45, 2.75) is 25.5 Å². The van der Waals surface area contributed by atoms with Gasteiger partial charge in [0.15, 0.2) is 16.3 Å². The fourth-order valence-electron chi connectivity index (χ4n) is 5.97. The molecule has 42 heavy (non-hydrogen) atoms. The van der Waals surface area contributed by atoms with E-state index < -0.39 is 0 Å². The van der Waals surface area contributed by atoms with Crippen LogP contribution in [0.2, 0.25) is 0 Å². The summed E-state index contributed by atoms with van der Waals surface area (Å²) < 4.78 is 19.4. The zero-order valence-electron chi connectivity index (χ0n) is 22.7. The Hall–Kier alpha value is -4.88. The lowest BCUT2D eigenvalue weighted by Gasteiger charge is -2.30. The minimum Gasteiger partial charge on any atom is -0.489 e. The standard InChI is InChI=1S/C35H26N2O4S/c38-34-31(19-22-10-14-26(15-11-22)39-20-23-12-17-29-30(18-23)41-21-40-29)42-35-36-32-27-9-5-4-6-24(27)13-16-28(32)33(37(34)35)25-7-2-1-3-8-25/h1-12,14-15,17-19,33H,13,16,20-21H2/b31-19+/t33-/m1/s1. The van der Waals surface area contributed by atoms with E-state index in [2.05, 4.69) is 36.4 Å². The largest absolute Gasteiger partial charge is 0.489 e. The second kappa shape index (κ2) is 10.2. The Morgan fingerprint density at radius 1 is 0.905 bits per heavy atom. The maximum absolute atomic E-state index is 13.9. The third-order valence-electron chi connectivity index (χ3n) is 8.01. The van der Waals surface area contributed by atoms with Crippen LogP contribution in [0.15, 0.2) is 112 Å². The van der Waals surface area contributed by atoms with E-state index in [1.165, 1.54) is 28.0 Å². The van der Waals surface area contributed by atoms with E-state index in [0.29, 0.717) is 11.1 Å². The lowest BCUT2D eigenvalue weighted by Crippen LogP contribution is -2.38. The summed E-state index contributed by atoms with van der Waals surface area (Å²) in [6, 6.07) is 32.3. The maximum atomic E-state index is 13.9. The second-order valence-corrected chi connectivity index (χ2v) is 11.6. The minimum atomic E-state index is -0.167. The van der Waals surface area contributed by atoms with Crippen LogP contribution in [0, 0.1) is 0 Å². The molecule has 0 saturated carbocycles. The molecular weight excluding hydrogens is 544 g/mol. The van der Waals surface area contributed by atoms with Crippen molar-refractivity contribution in [3.63, 3.8) is 0 Å². The first-order chi connectivity index (χ1) is 20.7. The van der Waals surface area contributed by atoms with Gasteiger partial charge in [0.2, 0.25) is 6.79 Å². The number of allylic oxidation sites excluding steroid dienone is 1. The summed E-state index contributed by atoms with van der Waals surface area (Å²) in [6.07, 6.45) is 3.78. The van der Waals surface area contributed by atoms with Gasteiger partial charge in [-0.2, -0.15) is 0 Å². The van der Waals surface area contributed by atoms with Crippen molar-refractivity contribution in [3.8, 4) is 17.2 Å². The molecule has 4 aromatic carbocycles. The number of rotatable bonds is 5. The first kappa shape index (κ1) is 24.9. The Balaban J connectivity index is 1.13. The van der Waals surface area contributed by atoms with Gasteiger partial charge in [-0.3, -0.25) is 9.36 Å². The van der Waals surface area contributed by atoms with Gasteiger partial charge in [-0.25, -0.2) is 4.99 Å². The van der Waals surface area contributed by atoms with Gasteiger partial charge < -0.3 is 14.2 Å². The monoisotopic (exact) mass is 570 g/mol. The number of fused-ring (bicyclic) bond motifs is 4. The number of hydrogen-bond donors (Lipinski definition) is 0. The van der Waals surface area contributed by atoms with Crippen molar-refractivity contribution < 1.29 is 14.2 Å². The molecule has 0 spiro atoms. The molecule has 1 aliphatic carbocycles. The Morgan fingerprint density at radius 3 is 2.60 bits per heavy atom. The fraction of sp³-hybridized carbons (Fsp3) is 0.143. The Morgan fingerprint density at radius 2 is 1.71 bits per heavy atom. The highest BCUT2D eigenvalue weighted by atomic mass is 32.1. The normalized spacial score (nSPS) is 16.9. The smallest absolute Gasteiger partial charge is 0.271 e. The van der Waals surface area contributed by atoms with E-state index in [-0.39, 0.29) is 18.4 Å². The minimum absolute atomic E-state index is 0.0128. The van der Waals surface area contributed by atoms with Gasteiger partial charge in [0.25, 0.3) is 5.56 Å². The van der Waals surface area contributed by atoms with Crippen molar-refractivity contribution >= 4 is 23.1 Å². The quantitative estimate of drug-likeness (QED) is 0.275. The number of benzene rings is 4. The van der Waals surface area contributed by atoms with Gasteiger partial charge in [0.1, 0.15) is 12.4 Å². The van der Waals surface area contributed by atoms with Crippen LogP contribution < -0.4 is 29.1 Å². The van der Waals surface area contributed by atoms with Gasteiger partial charge in [-0.1, -0.05) is 84.1 Å². The lowest BCUT2D eigenvalue weighted by atomic mass is 9.83. The SMILES string of the molecule is O=c1/c(=C\c2ccc(OCc3ccc4c(c3)OCO4)cc2)sc2n1[C@H](c1ccccc1)C1=C(N=2)c2ccccc2CC1. The summed E-state index contributed by atoms with van der Waals surface area (Å²) in [4.78, 5) is 19.8. The van der Waals surface area contributed by atoms with Crippen LogP contribution >= 0.6 is 11.3 Å². The first-order valence-electron chi connectivity index (χ1n) is 14.0. The van der Waals surface area contributed by atoms with E-state index in [4.69, 9.17) is 19.2 Å². The second-order valence-electron chi connectivity index (χ2n) is 10.6. The topological polar surface area (TPSA) is 62.1 Å². The molecule has 0 radical (unpaired) electrons. The summed E-state index contributed by atoms with van der Waals surface area (Å²) in [5.74, 6) is 2.25. The predicted octanol–water partition coefficient (Wildman–Crippen LogP) is 5.63. The first-order valence-corrected chi connectivity index (χ1v) is 14.8. The number of hydrogen-bond acceptors (Lipinski definition) is 6. The van der Waals surface area contributed by atoms with E-state index in [1.54, 1.807) is 0 Å². The summed E-state index contributed by atoms with van der Waals surface area (Å²) in [6.45, 7) is 0.671. The summed E-state index contributed by atoms with van der Waals surface area (Å²) in [5.41, 5.74) is 7.74. The van der Waals surface area contributed by atoms with Crippen molar-refractivity contribution in [2.75, 3.05) is 6.79 Å². The molecule has 0 fully saturated rings. The van der Waals surface area contributed by atoms with Gasteiger partial charge in [0, 0.05) is 5.56 Å². The number of aromatic nitrogens is 1. The number of thiazole rings is 1. The van der Waals surface area contributed by atoms with Crippen LogP contribution in [0.5, 0.6) is 17.2 Å². The van der Waals surface area contributed by atoms with E-state index in [0.717, 1.165) is 57.3 Å². The molecule has 3 aliphatic rings. The zero-order valence-corrected chi connectivity index (χ0v) is 23.5. The average molecular weight is 571 g/mol. The van der Waals surface area contributed by atoms with Gasteiger partial charge in [-0.05, 0) is 71.0 Å². The van der Waals surface area contributed by atoms with E-state index in [1.807, 2.05) is 71.3 Å². The molecule has 2 aliphatic heterocycles. The van der Waals surface area contributed by atoms with E-state index in [9.17, 15) is 4.79 Å². The molecule has 6 nitrogen and oxygen atoms in total. The molecule has 0 unspecified atom stereocenters. The highest BCUT2D eigenvalue weighted by Gasteiger charge is 2.32. The van der Waals surface area contributed by atoms with E-state index >= 15 is 0 Å². The molecule has 1 atom stereocenters. The molecule has 5 aromatic rings. The van der Waals surface area contributed by atoms with Crippen LogP contribution in [-0.4, -0.2) is 11.4 Å². The summed E-state index contributed by atoms with van der Waals surface area (Å²) >= 11 is 1.45. The van der Waals surface area contributed by atoms with Crippen LogP contribution in [-0.2, 0) is 13.0 Å². The molecule has 0 amide bonds. The molecular formula is C35H26N2O4S. The van der Waals surface area contributed by atoms with Gasteiger partial charge in [-0.15, -0.1) is 0 Å². The van der Waals surface area contributed by atoms with Crippen LogP contribution in [0.1, 0.15) is 40.3 Å². The Labute approximate surface area is 246 Å². The molecule has 1 aromatic heterocycles. The molecule has 0 bridgehead atoms. The maximum Gasteiger partial charge on any atom is 0.271 e. The van der Waals surface area contributed by atoms with Crippen LogP contribution in [0.25, 0.3) is 11.8 Å². The average Bonchev–Trinajstić information content (AvgIpc) is 3.63. The molecule has 7 heteroatoms. The predicted molar refractivity (Wildman–Crippen MR) is 163 cm³/mol. The summed E-state index contributed by atoms with van der Waals surface area (Å²) in [5, 5.41) is 0. The van der Waals surface area contributed by atoms with Crippen LogP contribution in [0.3, 0.4) is 0 Å². The zero-order chi connectivity index (χ0) is 28.0. The molecule has 3 heterocycles. The third-order valence-corrected chi connectivity index (χ3v) is 8.99. The Bertz CT molecular complexity index is 2040. The van der Waals surface area contributed by atoms with Crippen molar-refractivity contribution in [1.82, 2.24) is 4.57 Å². The van der Waals surface area contributed by atoms with Gasteiger partial charge in [0.05, 0.1) is 16.3 Å². The fourth-order valence-corrected chi connectivity index (χ4v) is 6.97. The lowest BCUT2D eigenvalue weighted by molar-refractivity contribution is 0.174. The molecule has 206 valence electrons. The highest BCUT2D eigenvalue weighted by Crippen LogP contribution is 2.41. The molecule has 0 saturated heterocycles. The van der Waals surface area contributed by atoms with Crippen LogP contribution in [0.4, 0.5) is 0 Å². The molecule has 8 rings (SSSR count). The van der Waals surface area contributed by atoms with Gasteiger partial charge >= 0.3 is 0 Å². The highest BCUT2D eigenvalue weighted by molar-refractivity contribution is 7.07. The van der Waals surface area contributed by atoms with Crippen molar-refractivity contribution in [2.24, 2.45) is 4.99 Å². The van der Waals surface area contributed by atoms with Crippen molar-refractivity contribution in [1.29, 1.82) is 0 Å². The molecule has 0 N–H and O–H groups in total. The number of ether oxygens (including phenoxy) is 3. The third kappa shape index (κ3) is 4.33. The van der Waals surface area contributed by atoms with Crippen molar-refractivity contribution in [3.05, 3.63) is 150 Å². The summed E-state index contributed by atoms with van der Waals surface area (Å²) in [7, 11) is 0. The Kier molecular flexibility index (Phi) is 6.04. The number of aryl methyl sites for hydroxylation is 1.